The van der Waals surface area contributed by atoms with Gasteiger partial charge < -0.3 is 4.74 Å². The highest BCUT2D eigenvalue weighted by atomic mass is 32.2. The SMILES string of the molecule is CCCCCCOc1ccc(CSc2ccc(C3CCC(C)CC3)cc2)cc1. The summed E-state index contributed by atoms with van der Waals surface area (Å²) in [5.74, 6) is 3.71. The van der Waals surface area contributed by atoms with Crippen molar-refractivity contribution >= 4 is 11.8 Å². The van der Waals surface area contributed by atoms with Gasteiger partial charge in [-0.15, -0.1) is 11.8 Å². The van der Waals surface area contributed by atoms with Gasteiger partial charge in [0.15, 0.2) is 0 Å². The first-order valence-electron chi connectivity index (χ1n) is 11.2. The van der Waals surface area contributed by atoms with E-state index in [1.807, 2.05) is 11.8 Å². The van der Waals surface area contributed by atoms with Crippen LogP contribution in [0.15, 0.2) is 53.4 Å². The van der Waals surface area contributed by atoms with Crippen molar-refractivity contribution < 1.29 is 4.74 Å². The number of hydrogen-bond donors (Lipinski definition) is 0. The smallest absolute Gasteiger partial charge is 0.119 e. The molecule has 0 amide bonds. The maximum Gasteiger partial charge on any atom is 0.119 e. The summed E-state index contributed by atoms with van der Waals surface area (Å²) in [5.41, 5.74) is 2.89. The first kappa shape index (κ1) is 21.3. The van der Waals surface area contributed by atoms with Gasteiger partial charge in [-0.05, 0) is 66.5 Å². The van der Waals surface area contributed by atoms with Crippen LogP contribution in [0.25, 0.3) is 0 Å². The Hall–Kier alpha value is -1.41. The normalized spacial score (nSPS) is 19.5. The Morgan fingerprint density at radius 3 is 2.25 bits per heavy atom. The molecule has 1 aliphatic rings. The molecule has 0 spiro atoms. The predicted octanol–water partition coefficient (Wildman–Crippen LogP) is 8.23. The fourth-order valence-corrected chi connectivity index (χ4v) is 4.85. The summed E-state index contributed by atoms with van der Waals surface area (Å²) >= 11 is 1.92. The molecule has 1 nitrogen and oxygen atoms in total. The second kappa shape index (κ2) is 11.6. The van der Waals surface area contributed by atoms with Crippen LogP contribution in [-0.4, -0.2) is 6.61 Å². The number of thioether (sulfide) groups is 1. The fraction of sp³-hybridized carbons (Fsp3) is 0.538. The third-order valence-corrected chi connectivity index (χ3v) is 7.05. The van der Waals surface area contributed by atoms with Crippen LogP contribution in [0.1, 0.15) is 82.3 Å². The number of unbranched alkanes of at least 4 members (excludes halogenated alkanes) is 3. The average molecular weight is 397 g/mol. The lowest BCUT2D eigenvalue weighted by molar-refractivity contribution is 0.305. The van der Waals surface area contributed by atoms with Gasteiger partial charge in [0.2, 0.25) is 0 Å². The van der Waals surface area contributed by atoms with E-state index in [9.17, 15) is 0 Å². The Labute approximate surface area is 176 Å². The van der Waals surface area contributed by atoms with Crippen LogP contribution in [0.2, 0.25) is 0 Å². The van der Waals surface area contributed by atoms with Crippen molar-refractivity contribution in [2.24, 2.45) is 5.92 Å². The van der Waals surface area contributed by atoms with Crippen LogP contribution >= 0.6 is 11.8 Å². The fourth-order valence-electron chi connectivity index (χ4n) is 4.00. The highest BCUT2D eigenvalue weighted by Crippen LogP contribution is 2.36. The van der Waals surface area contributed by atoms with Crippen molar-refractivity contribution in [2.75, 3.05) is 6.61 Å². The molecule has 0 atom stereocenters. The van der Waals surface area contributed by atoms with Crippen molar-refractivity contribution in [1.29, 1.82) is 0 Å². The lowest BCUT2D eigenvalue weighted by Gasteiger charge is -2.26. The molecular formula is C26H36OS. The minimum atomic E-state index is 0.782. The van der Waals surface area contributed by atoms with E-state index in [1.165, 1.54) is 61.0 Å². The highest BCUT2D eigenvalue weighted by Gasteiger charge is 2.19. The zero-order chi connectivity index (χ0) is 19.6. The molecule has 152 valence electrons. The summed E-state index contributed by atoms with van der Waals surface area (Å²) in [6.45, 7) is 5.46. The molecular weight excluding hydrogens is 360 g/mol. The van der Waals surface area contributed by atoms with E-state index in [2.05, 4.69) is 62.4 Å². The molecule has 1 aliphatic carbocycles. The molecule has 2 aromatic rings. The van der Waals surface area contributed by atoms with Crippen LogP contribution in [0.4, 0.5) is 0 Å². The van der Waals surface area contributed by atoms with Crippen molar-refractivity contribution in [3.63, 3.8) is 0 Å². The summed E-state index contributed by atoms with van der Waals surface area (Å²) in [4.78, 5) is 1.36. The second-order valence-electron chi connectivity index (χ2n) is 8.37. The molecule has 0 N–H and O–H groups in total. The molecule has 2 aromatic carbocycles. The molecule has 0 heterocycles. The van der Waals surface area contributed by atoms with E-state index in [-0.39, 0.29) is 0 Å². The molecule has 0 unspecified atom stereocenters. The van der Waals surface area contributed by atoms with Crippen LogP contribution < -0.4 is 4.74 Å². The van der Waals surface area contributed by atoms with Gasteiger partial charge in [-0.1, -0.05) is 70.2 Å². The maximum atomic E-state index is 5.84. The van der Waals surface area contributed by atoms with Crippen molar-refractivity contribution in [1.82, 2.24) is 0 Å². The molecule has 1 fully saturated rings. The molecule has 28 heavy (non-hydrogen) atoms. The molecule has 0 radical (unpaired) electrons. The van der Waals surface area contributed by atoms with Crippen LogP contribution in [0.3, 0.4) is 0 Å². The molecule has 0 saturated heterocycles. The standard InChI is InChI=1S/C26H36OS/c1-3-4-5-6-19-27-25-15-9-22(10-16-25)20-28-26-17-13-24(14-18-26)23-11-7-21(2)8-12-23/h9-10,13-18,21,23H,3-8,11-12,19-20H2,1-2H3. The first-order chi connectivity index (χ1) is 13.7. The summed E-state index contributed by atoms with van der Waals surface area (Å²) in [7, 11) is 0. The van der Waals surface area contributed by atoms with Gasteiger partial charge in [0.05, 0.1) is 6.61 Å². The molecule has 0 aliphatic heterocycles. The van der Waals surface area contributed by atoms with Gasteiger partial charge in [-0.3, -0.25) is 0 Å². The minimum Gasteiger partial charge on any atom is -0.494 e. The van der Waals surface area contributed by atoms with Gasteiger partial charge in [0.25, 0.3) is 0 Å². The van der Waals surface area contributed by atoms with Crippen LogP contribution in [-0.2, 0) is 5.75 Å². The molecule has 0 bridgehead atoms. The van der Waals surface area contributed by atoms with Gasteiger partial charge in [0.1, 0.15) is 5.75 Å². The third kappa shape index (κ3) is 6.88. The summed E-state index contributed by atoms with van der Waals surface area (Å²) < 4.78 is 5.84. The number of rotatable bonds is 10. The van der Waals surface area contributed by atoms with Crippen LogP contribution in [0.5, 0.6) is 5.75 Å². The number of hydrogen-bond acceptors (Lipinski definition) is 2. The molecule has 1 saturated carbocycles. The van der Waals surface area contributed by atoms with Gasteiger partial charge in [-0.2, -0.15) is 0 Å². The van der Waals surface area contributed by atoms with E-state index in [0.717, 1.165) is 36.4 Å². The second-order valence-corrected chi connectivity index (χ2v) is 9.42. The maximum absolute atomic E-state index is 5.84. The molecule has 3 rings (SSSR count). The topological polar surface area (TPSA) is 9.23 Å². The zero-order valence-electron chi connectivity index (χ0n) is 17.7. The minimum absolute atomic E-state index is 0.782. The zero-order valence-corrected chi connectivity index (χ0v) is 18.5. The van der Waals surface area contributed by atoms with E-state index in [0.29, 0.717) is 0 Å². The quantitative estimate of drug-likeness (QED) is 0.295. The van der Waals surface area contributed by atoms with E-state index in [4.69, 9.17) is 4.74 Å². The number of ether oxygens (including phenoxy) is 1. The van der Waals surface area contributed by atoms with E-state index >= 15 is 0 Å². The van der Waals surface area contributed by atoms with Crippen molar-refractivity contribution in [2.45, 2.75) is 81.8 Å². The van der Waals surface area contributed by atoms with Gasteiger partial charge in [0, 0.05) is 10.6 Å². The first-order valence-corrected chi connectivity index (χ1v) is 12.2. The monoisotopic (exact) mass is 396 g/mol. The largest absolute Gasteiger partial charge is 0.494 e. The molecule has 0 aromatic heterocycles. The van der Waals surface area contributed by atoms with Gasteiger partial charge >= 0.3 is 0 Å². The third-order valence-electron chi connectivity index (χ3n) is 5.96. The average Bonchev–Trinajstić information content (AvgIpc) is 2.74. The van der Waals surface area contributed by atoms with Gasteiger partial charge in [-0.25, -0.2) is 0 Å². The van der Waals surface area contributed by atoms with Crippen molar-refractivity contribution in [3.8, 4) is 5.75 Å². The van der Waals surface area contributed by atoms with E-state index < -0.39 is 0 Å². The molecule has 2 heteroatoms. The Morgan fingerprint density at radius 2 is 1.57 bits per heavy atom. The van der Waals surface area contributed by atoms with Crippen LogP contribution in [0, 0.1) is 5.92 Å². The van der Waals surface area contributed by atoms with Crippen molar-refractivity contribution in [3.05, 3.63) is 59.7 Å². The Balaban J connectivity index is 1.41. The van der Waals surface area contributed by atoms with E-state index in [1.54, 1.807) is 0 Å². The number of benzene rings is 2. The Bertz CT molecular complexity index is 669. The summed E-state index contributed by atoms with van der Waals surface area (Å²) in [6, 6.07) is 18.0. The Morgan fingerprint density at radius 1 is 0.857 bits per heavy atom. The summed E-state index contributed by atoms with van der Waals surface area (Å²) in [5, 5.41) is 0. The lowest BCUT2D eigenvalue weighted by Crippen LogP contribution is -2.10. The Kier molecular flexibility index (Phi) is 8.79. The lowest BCUT2D eigenvalue weighted by atomic mass is 9.79. The summed E-state index contributed by atoms with van der Waals surface area (Å²) in [6.07, 6.45) is 10.5. The highest BCUT2D eigenvalue weighted by molar-refractivity contribution is 7.98. The predicted molar refractivity (Wildman–Crippen MR) is 122 cm³/mol.